The van der Waals surface area contributed by atoms with E-state index in [1.807, 2.05) is 12.2 Å². The topological polar surface area (TPSA) is 92.3 Å². The molecule has 1 aromatic heterocycles. The lowest BCUT2D eigenvalue weighted by Gasteiger charge is -2.23. The third-order valence-electron chi connectivity index (χ3n) is 6.01. The SMILES string of the molecule is C[C@H](C(=O)Nc1ccc2nccnc2c1)N1C(=O)[C@H]2[C@H](C1=O)[C@H]1C=C[C@H]2C1. The minimum atomic E-state index is -0.854. The molecule has 0 radical (unpaired) electrons. The predicted octanol–water partition coefficient (Wildman–Crippen LogP) is 1.76. The van der Waals surface area contributed by atoms with Crippen LogP contribution < -0.4 is 5.32 Å². The highest BCUT2D eigenvalue weighted by Crippen LogP contribution is 2.52. The van der Waals surface area contributed by atoms with Crippen molar-refractivity contribution in [1.82, 2.24) is 14.9 Å². The van der Waals surface area contributed by atoms with E-state index in [1.165, 1.54) is 0 Å². The highest BCUT2D eigenvalue weighted by molar-refractivity contribution is 6.10. The number of benzene rings is 1. The lowest BCUT2D eigenvalue weighted by Crippen LogP contribution is -2.46. The zero-order valence-corrected chi connectivity index (χ0v) is 14.7. The third kappa shape index (κ3) is 2.31. The highest BCUT2D eigenvalue weighted by atomic mass is 16.2. The van der Waals surface area contributed by atoms with Crippen molar-refractivity contribution in [3.8, 4) is 0 Å². The number of aromatic nitrogens is 2. The van der Waals surface area contributed by atoms with Gasteiger partial charge in [-0.15, -0.1) is 0 Å². The molecule has 1 N–H and O–H groups in total. The summed E-state index contributed by atoms with van der Waals surface area (Å²) in [5.74, 6) is -1.13. The van der Waals surface area contributed by atoms with Gasteiger partial charge in [0, 0.05) is 18.1 Å². The Bertz CT molecular complexity index is 987. The Kier molecular flexibility index (Phi) is 3.40. The molecule has 2 fully saturated rings. The first-order valence-electron chi connectivity index (χ1n) is 9.11. The van der Waals surface area contributed by atoms with Gasteiger partial charge in [-0.3, -0.25) is 29.3 Å². The Morgan fingerprint density at radius 2 is 1.70 bits per heavy atom. The molecule has 5 rings (SSSR count). The number of imide groups is 1. The van der Waals surface area contributed by atoms with Gasteiger partial charge in [0.05, 0.1) is 22.9 Å². The fourth-order valence-corrected chi connectivity index (χ4v) is 4.71. The maximum atomic E-state index is 12.8. The second kappa shape index (κ2) is 5.70. The molecule has 7 nitrogen and oxygen atoms in total. The van der Waals surface area contributed by atoms with Crippen LogP contribution in [0.25, 0.3) is 11.0 Å². The van der Waals surface area contributed by atoms with Crippen LogP contribution in [0, 0.1) is 23.7 Å². The van der Waals surface area contributed by atoms with E-state index in [0.717, 1.165) is 16.8 Å². The smallest absolute Gasteiger partial charge is 0.247 e. The first kappa shape index (κ1) is 16.1. The van der Waals surface area contributed by atoms with E-state index in [9.17, 15) is 14.4 Å². The van der Waals surface area contributed by atoms with E-state index in [4.69, 9.17) is 0 Å². The summed E-state index contributed by atoms with van der Waals surface area (Å²) >= 11 is 0. The number of hydrogen-bond acceptors (Lipinski definition) is 5. The van der Waals surface area contributed by atoms with E-state index in [-0.39, 0.29) is 41.4 Å². The summed E-state index contributed by atoms with van der Waals surface area (Å²) in [6.45, 7) is 1.60. The van der Waals surface area contributed by atoms with Gasteiger partial charge >= 0.3 is 0 Å². The maximum absolute atomic E-state index is 12.8. The maximum Gasteiger partial charge on any atom is 0.247 e. The number of carbonyl (C=O) groups is 3. The normalized spacial score (nSPS) is 29.4. The number of amides is 3. The van der Waals surface area contributed by atoms with Gasteiger partial charge in [0.1, 0.15) is 6.04 Å². The molecule has 1 saturated carbocycles. The van der Waals surface area contributed by atoms with Crippen molar-refractivity contribution in [2.45, 2.75) is 19.4 Å². The molecule has 3 amide bonds. The number of likely N-dealkylation sites (tertiary alicyclic amines) is 1. The van der Waals surface area contributed by atoms with Gasteiger partial charge in [0.2, 0.25) is 17.7 Å². The van der Waals surface area contributed by atoms with Gasteiger partial charge in [0.15, 0.2) is 0 Å². The molecule has 2 aliphatic carbocycles. The minimum absolute atomic E-state index is 0.135. The lowest BCUT2D eigenvalue weighted by molar-refractivity contribution is -0.146. The summed E-state index contributed by atoms with van der Waals surface area (Å²) in [6, 6.07) is 4.36. The second-order valence-electron chi connectivity index (χ2n) is 7.47. The summed E-state index contributed by atoms with van der Waals surface area (Å²) in [4.78, 5) is 48.0. The molecule has 1 aliphatic heterocycles. The number of carbonyl (C=O) groups excluding carboxylic acids is 3. The molecule has 2 heterocycles. The summed E-state index contributed by atoms with van der Waals surface area (Å²) in [5.41, 5.74) is 1.94. The van der Waals surface area contributed by atoms with Crippen LogP contribution >= 0.6 is 0 Å². The van der Waals surface area contributed by atoms with Crippen LogP contribution in [0.5, 0.6) is 0 Å². The van der Waals surface area contributed by atoms with E-state index >= 15 is 0 Å². The zero-order chi connectivity index (χ0) is 18.7. The van der Waals surface area contributed by atoms with Crippen LogP contribution in [0.3, 0.4) is 0 Å². The first-order valence-corrected chi connectivity index (χ1v) is 9.11. The predicted molar refractivity (Wildman–Crippen MR) is 97.2 cm³/mol. The number of anilines is 1. The average molecular weight is 362 g/mol. The van der Waals surface area contributed by atoms with Crippen molar-refractivity contribution in [2.75, 3.05) is 5.32 Å². The molecule has 1 aromatic carbocycles. The second-order valence-corrected chi connectivity index (χ2v) is 7.47. The number of allylic oxidation sites excluding steroid dienone is 2. The largest absolute Gasteiger partial charge is 0.324 e. The van der Waals surface area contributed by atoms with Gasteiger partial charge in [-0.05, 0) is 43.4 Å². The van der Waals surface area contributed by atoms with Crippen LogP contribution in [0.15, 0.2) is 42.7 Å². The van der Waals surface area contributed by atoms with Crippen molar-refractivity contribution in [3.63, 3.8) is 0 Å². The van der Waals surface area contributed by atoms with E-state index in [0.29, 0.717) is 11.2 Å². The fourth-order valence-electron chi connectivity index (χ4n) is 4.71. The summed E-state index contributed by atoms with van der Waals surface area (Å²) in [5, 5.41) is 2.79. The molecule has 136 valence electrons. The minimum Gasteiger partial charge on any atom is -0.324 e. The Hall–Kier alpha value is -3.09. The van der Waals surface area contributed by atoms with Crippen molar-refractivity contribution >= 4 is 34.4 Å². The summed E-state index contributed by atoms with van der Waals surface area (Å²) in [6.07, 6.45) is 8.15. The van der Waals surface area contributed by atoms with Crippen LogP contribution in [0.2, 0.25) is 0 Å². The number of nitrogens with zero attached hydrogens (tertiary/aromatic N) is 3. The van der Waals surface area contributed by atoms with E-state index < -0.39 is 6.04 Å². The van der Waals surface area contributed by atoms with Gasteiger partial charge in [0.25, 0.3) is 0 Å². The van der Waals surface area contributed by atoms with Crippen LogP contribution in [0.1, 0.15) is 13.3 Å². The molecule has 27 heavy (non-hydrogen) atoms. The van der Waals surface area contributed by atoms with Crippen LogP contribution in [-0.2, 0) is 14.4 Å². The average Bonchev–Trinajstić information content (AvgIpc) is 3.35. The molecule has 3 aliphatic rings. The molecule has 2 aromatic rings. The molecule has 7 heteroatoms. The monoisotopic (exact) mass is 362 g/mol. The van der Waals surface area contributed by atoms with Gasteiger partial charge < -0.3 is 5.32 Å². The Balaban J connectivity index is 1.36. The van der Waals surface area contributed by atoms with Crippen molar-refractivity contribution in [1.29, 1.82) is 0 Å². The Labute approximate surface area is 155 Å². The number of nitrogens with one attached hydrogen (secondary N) is 1. The van der Waals surface area contributed by atoms with Gasteiger partial charge in [-0.1, -0.05) is 12.2 Å². The number of hydrogen-bond donors (Lipinski definition) is 1. The molecule has 1 saturated heterocycles. The molecule has 0 unspecified atom stereocenters. The molecule has 2 bridgehead atoms. The van der Waals surface area contributed by atoms with Crippen molar-refractivity contribution < 1.29 is 14.4 Å². The molecule has 5 atom stereocenters. The summed E-state index contributed by atoms with van der Waals surface area (Å²) in [7, 11) is 0. The molecule has 0 spiro atoms. The highest BCUT2D eigenvalue weighted by Gasteiger charge is 2.60. The Morgan fingerprint density at radius 3 is 2.37 bits per heavy atom. The summed E-state index contributed by atoms with van der Waals surface area (Å²) < 4.78 is 0. The van der Waals surface area contributed by atoms with Gasteiger partial charge in [-0.2, -0.15) is 0 Å². The fraction of sp³-hybridized carbons (Fsp3) is 0.350. The van der Waals surface area contributed by atoms with Crippen LogP contribution in [-0.4, -0.2) is 38.6 Å². The van der Waals surface area contributed by atoms with Crippen LogP contribution in [0.4, 0.5) is 5.69 Å². The van der Waals surface area contributed by atoms with E-state index in [1.54, 1.807) is 37.5 Å². The van der Waals surface area contributed by atoms with Crippen molar-refractivity contribution in [2.24, 2.45) is 23.7 Å². The number of fused-ring (bicyclic) bond motifs is 6. The molecular weight excluding hydrogens is 344 g/mol. The van der Waals surface area contributed by atoms with E-state index in [2.05, 4.69) is 15.3 Å². The quantitative estimate of drug-likeness (QED) is 0.663. The van der Waals surface area contributed by atoms with Gasteiger partial charge in [-0.25, -0.2) is 0 Å². The molecular formula is C20H18N4O3. The first-order chi connectivity index (χ1) is 13.0. The Morgan fingerprint density at radius 1 is 1.07 bits per heavy atom. The lowest BCUT2D eigenvalue weighted by atomic mass is 9.85. The third-order valence-corrected chi connectivity index (χ3v) is 6.01. The number of rotatable bonds is 3. The standard InChI is InChI=1S/C20H18N4O3/c1-10(18(25)23-13-4-5-14-15(9-13)22-7-6-21-14)24-19(26)16-11-2-3-12(8-11)17(16)20(24)27/h2-7,9-12,16-17H,8H2,1H3,(H,23,25)/t10-,11+,12+,16-,17-/m1/s1. The zero-order valence-electron chi connectivity index (χ0n) is 14.7. The van der Waals surface area contributed by atoms with Crippen molar-refractivity contribution in [3.05, 3.63) is 42.7 Å².